The van der Waals surface area contributed by atoms with Gasteiger partial charge in [-0.3, -0.25) is 4.68 Å². The highest BCUT2D eigenvalue weighted by atomic mass is 32.2. The van der Waals surface area contributed by atoms with Gasteiger partial charge in [0.05, 0.1) is 4.90 Å². The van der Waals surface area contributed by atoms with Crippen LogP contribution in [-0.2, 0) is 16.6 Å². The highest BCUT2D eigenvalue weighted by Crippen LogP contribution is 2.17. The van der Waals surface area contributed by atoms with E-state index in [2.05, 4.69) is 9.82 Å². The van der Waals surface area contributed by atoms with Crippen molar-refractivity contribution >= 4 is 15.7 Å². The first kappa shape index (κ1) is 14.5. The van der Waals surface area contributed by atoms with Crippen LogP contribution in [0.2, 0.25) is 0 Å². The number of rotatable bonds is 6. The lowest BCUT2D eigenvalue weighted by molar-refractivity contribution is 0.552. The Morgan fingerprint density at radius 3 is 2.90 bits per heavy atom. The molecule has 0 bridgehead atoms. The zero-order valence-corrected chi connectivity index (χ0v) is 12.1. The molecule has 0 saturated heterocycles. The molecule has 3 N–H and O–H groups in total. The summed E-state index contributed by atoms with van der Waals surface area (Å²) in [5.74, 6) is 0. The van der Waals surface area contributed by atoms with Gasteiger partial charge in [-0.1, -0.05) is 6.07 Å². The molecule has 0 unspecified atom stereocenters. The Morgan fingerprint density at radius 1 is 1.40 bits per heavy atom. The monoisotopic (exact) mass is 294 g/mol. The standard InChI is InChI=1S/C13H18N4O2S/c1-11-4-5-12(14)10-13(11)20(18,19)16-7-3-9-17-8-2-6-15-17/h2,4-6,8,10,16H,3,7,9,14H2,1H3. The second kappa shape index (κ2) is 6.06. The molecule has 0 atom stereocenters. The number of nitrogens with two attached hydrogens (primary N) is 1. The van der Waals surface area contributed by atoms with Crippen LogP contribution >= 0.6 is 0 Å². The van der Waals surface area contributed by atoms with Crippen LogP contribution in [0.3, 0.4) is 0 Å². The molecule has 1 aromatic carbocycles. The van der Waals surface area contributed by atoms with Gasteiger partial charge in [0.2, 0.25) is 10.0 Å². The van der Waals surface area contributed by atoms with Crippen LogP contribution in [-0.4, -0.2) is 24.7 Å². The molecule has 108 valence electrons. The molecule has 0 aliphatic rings. The number of benzene rings is 1. The molecule has 0 fully saturated rings. The van der Waals surface area contributed by atoms with Crippen molar-refractivity contribution in [1.82, 2.24) is 14.5 Å². The van der Waals surface area contributed by atoms with Crippen molar-refractivity contribution in [2.75, 3.05) is 12.3 Å². The Labute approximate surface area is 118 Å². The zero-order chi connectivity index (χ0) is 14.6. The molecule has 0 spiro atoms. The average Bonchev–Trinajstić information content (AvgIpc) is 2.90. The Balaban J connectivity index is 1.95. The van der Waals surface area contributed by atoms with Crippen LogP contribution in [0.1, 0.15) is 12.0 Å². The summed E-state index contributed by atoms with van der Waals surface area (Å²) in [5, 5.41) is 4.06. The van der Waals surface area contributed by atoms with E-state index in [9.17, 15) is 8.42 Å². The molecule has 7 heteroatoms. The summed E-state index contributed by atoms with van der Waals surface area (Å²) in [4.78, 5) is 0.233. The summed E-state index contributed by atoms with van der Waals surface area (Å²) < 4.78 is 28.7. The molecular weight excluding hydrogens is 276 g/mol. The van der Waals surface area contributed by atoms with Gasteiger partial charge in [-0.05, 0) is 37.1 Å². The van der Waals surface area contributed by atoms with Gasteiger partial charge in [-0.2, -0.15) is 5.10 Å². The van der Waals surface area contributed by atoms with Crippen LogP contribution < -0.4 is 10.5 Å². The largest absolute Gasteiger partial charge is 0.399 e. The summed E-state index contributed by atoms with van der Waals surface area (Å²) in [6.07, 6.45) is 4.21. The third-order valence-corrected chi connectivity index (χ3v) is 4.52. The third-order valence-electron chi connectivity index (χ3n) is 2.92. The lowest BCUT2D eigenvalue weighted by Crippen LogP contribution is -2.26. The fourth-order valence-corrected chi connectivity index (χ4v) is 3.22. The van der Waals surface area contributed by atoms with E-state index < -0.39 is 10.0 Å². The Hall–Kier alpha value is -1.86. The topological polar surface area (TPSA) is 90.0 Å². The number of anilines is 1. The van der Waals surface area contributed by atoms with E-state index in [1.807, 2.05) is 12.3 Å². The first-order valence-corrected chi connectivity index (χ1v) is 7.80. The smallest absolute Gasteiger partial charge is 0.240 e. The lowest BCUT2D eigenvalue weighted by atomic mass is 10.2. The lowest BCUT2D eigenvalue weighted by Gasteiger charge is -2.10. The van der Waals surface area contributed by atoms with E-state index in [4.69, 9.17) is 5.73 Å². The number of nitrogen functional groups attached to an aromatic ring is 1. The molecule has 6 nitrogen and oxygen atoms in total. The second-order valence-electron chi connectivity index (χ2n) is 4.55. The SMILES string of the molecule is Cc1ccc(N)cc1S(=O)(=O)NCCCn1cccn1. The number of hydrogen-bond acceptors (Lipinski definition) is 4. The maximum absolute atomic E-state index is 12.2. The van der Waals surface area contributed by atoms with Gasteiger partial charge in [0.15, 0.2) is 0 Å². The van der Waals surface area contributed by atoms with Crippen LogP contribution in [0.4, 0.5) is 5.69 Å². The Kier molecular flexibility index (Phi) is 4.41. The molecule has 0 saturated carbocycles. The second-order valence-corrected chi connectivity index (χ2v) is 6.28. The molecular formula is C13H18N4O2S. The third kappa shape index (κ3) is 3.58. The predicted molar refractivity (Wildman–Crippen MR) is 77.6 cm³/mol. The maximum Gasteiger partial charge on any atom is 0.240 e. The highest BCUT2D eigenvalue weighted by Gasteiger charge is 2.16. The summed E-state index contributed by atoms with van der Waals surface area (Å²) in [6, 6.07) is 6.70. The molecule has 1 aromatic heterocycles. The number of hydrogen-bond donors (Lipinski definition) is 2. The van der Waals surface area contributed by atoms with Crippen molar-refractivity contribution < 1.29 is 8.42 Å². The minimum atomic E-state index is -3.51. The van der Waals surface area contributed by atoms with Crippen LogP contribution in [0.15, 0.2) is 41.6 Å². The summed E-state index contributed by atoms with van der Waals surface area (Å²) >= 11 is 0. The van der Waals surface area contributed by atoms with Gasteiger partial charge in [0.1, 0.15) is 0 Å². The van der Waals surface area contributed by atoms with Crippen molar-refractivity contribution in [2.24, 2.45) is 0 Å². The number of aromatic nitrogens is 2. The van der Waals surface area contributed by atoms with Crippen LogP contribution in [0.25, 0.3) is 0 Å². The van der Waals surface area contributed by atoms with Crippen LogP contribution in [0.5, 0.6) is 0 Å². The Morgan fingerprint density at radius 2 is 2.20 bits per heavy atom. The fraction of sp³-hybridized carbons (Fsp3) is 0.308. The van der Waals surface area contributed by atoms with Crippen molar-refractivity contribution in [1.29, 1.82) is 0 Å². The summed E-state index contributed by atoms with van der Waals surface area (Å²) in [6.45, 7) is 2.78. The van der Waals surface area contributed by atoms with E-state index in [-0.39, 0.29) is 4.90 Å². The molecule has 0 aliphatic heterocycles. The Bertz CT molecular complexity index is 666. The van der Waals surface area contributed by atoms with Gasteiger partial charge < -0.3 is 5.73 Å². The first-order valence-electron chi connectivity index (χ1n) is 6.32. The molecule has 2 aromatic rings. The van der Waals surface area contributed by atoms with E-state index in [0.29, 0.717) is 30.8 Å². The number of nitrogens with one attached hydrogen (secondary N) is 1. The number of nitrogens with zero attached hydrogens (tertiary/aromatic N) is 2. The van der Waals surface area contributed by atoms with Crippen molar-refractivity contribution in [3.05, 3.63) is 42.2 Å². The molecule has 2 rings (SSSR count). The van der Waals surface area contributed by atoms with Gasteiger partial charge >= 0.3 is 0 Å². The molecule has 0 aliphatic carbocycles. The van der Waals surface area contributed by atoms with E-state index in [0.717, 1.165) is 0 Å². The van der Waals surface area contributed by atoms with Crippen LogP contribution in [0, 0.1) is 6.92 Å². The number of sulfonamides is 1. The van der Waals surface area contributed by atoms with Gasteiger partial charge in [0.25, 0.3) is 0 Å². The zero-order valence-electron chi connectivity index (χ0n) is 11.3. The number of aryl methyl sites for hydroxylation is 2. The first-order chi connectivity index (χ1) is 9.49. The molecule has 0 amide bonds. The maximum atomic E-state index is 12.2. The summed E-state index contributed by atoms with van der Waals surface area (Å²) in [5.41, 5.74) is 6.76. The fourth-order valence-electron chi connectivity index (χ4n) is 1.86. The minimum absolute atomic E-state index is 0.233. The average molecular weight is 294 g/mol. The van der Waals surface area contributed by atoms with Gasteiger partial charge in [-0.25, -0.2) is 13.1 Å². The predicted octanol–water partition coefficient (Wildman–Crippen LogP) is 1.14. The van der Waals surface area contributed by atoms with Gasteiger partial charge in [0, 0.05) is 31.2 Å². The molecule has 20 heavy (non-hydrogen) atoms. The summed E-state index contributed by atoms with van der Waals surface area (Å²) in [7, 11) is -3.51. The quantitative estimate of drug-likeness (QED) is 0.617. The highest BCUT2D eigenvalue weighted by molar-refractivity contribution is 7.89. The van der Waals surface area contributed by atoms with Crippen molar-refractivity contribution in [3.8, 4) is 0 Å². The van der Waals surface area contributed by atoms with Gasteiger partial charge in [-0.15, -0.1) is 0 Å². The van der Waals surface area contributed by atoms with E-state index in [1.54, 1.807) is 29.9 Å². The van der Waals surface area contributed by atoms with Crippen molar-refractivity contribution in [2.45, 2.75) is 24.8 Å². The normalized spacial score (nSPS) is 11.7. The van der Waals surface area contributed by atoms with E-state index in [1.165, 1.54) is 6.07 Å². The van der Waals surface area contributed by atoms with Crippen molar-refractivity contribution in [3.63, 3.8) is 0 Å². The minimum Gasteiger partial charge on any atom is -0.399 e. The molecule has 1 heterocycles. The molecule has 0 radical (unpaired) electrons. The van der Waals surface area contributed by atoms with E-state index >= 15 is 0 Å².